The number of aromatic nitrogens is 4. The van der Waals surface area contributed by atoms with Crippen LogP contribution in [-0.2, 0) is 20.4 Å². The van der Waals surface area contributed by atoms with E-state index < -0.39 is 33.5 Å². The first-order chi connectivity index (χ1) is 14.2. The molecule has 0 radical (unpaired) electrons. The van der Waals surface area contributed by atoms with E-state index in [9.17, 15) is 22.0 Å². The Labute approximate surface area is 168 Å². The molecule has 3 aromatic rings. The largest absolute Gasteiger partial charge is 0.586 e. The third-order valence-electron chi connectivity index (χ3n) is 3.92. The normalized spacial score (nSPS) is 14.5. The topological polar surface area (TPSA) is 125 Å². The lowest BCUT2D eigenvalue weighted by atomic mass is 10.3. The minimum atomic E-state index is -3.94. The number of nitrogens with zero attached hydrogens (tertiary/aromatic N) is 4. The summed E-state index contributed by atoms with van der Waals surface area (Å²) >= 11 is 0. The molecule has 1 aromatic heterocycles. The monoisotopic (exact) mass is 437 g/mol. The molecule has 1 aliphatic rings. The summed E-state index contributed by atoms with van der Waals surface area (Å²) in [6, 6.07) is 12.2. The van der Waals surface area contributed by atoms with E-state index >= 15 is 0 Å². The summed E-state index contributed by atoms with van der Waals surface area (Å²) < 4.78 is 60.8. The van der Waals surface area contributed by atoms with E-state index in [-0.39, 0.29) is 23.0 Å². The highest BCUT2D eigenvalue weighted by Crippen LogP contribution is 2.42. The van der Waals surface area contributed by atoms with Crippen LogP contribution in [0.15, 0.2) is 48.5 Å². The van der Waals surface area contributed by atoms with E-state index in [0.29, 0.717) is 5.69 Å². The van der Waals surface area contributed by atoms with Gasteiger partial charge in [-0.05, 0) is 34.7 Å². The fourth-order valence-corrected chi connectivity index (χ4v) is 3.88. The number of hydrogen-bond donors (Lipinski definition) is 1. The number of carbonyl (C=O) groups is 1. The Hall–Kier alpha value is -3.61. The Balaban J connectivity index is 1.43. The summed E-state index contributed by atoms with van der Waals surface area (Å²) in [6.45, 7) is 0. The predicted octanol–water partition coefficient (Wildman–Crippen LogP) is 1.54. The molecule has 0 unspecified atom stereocenters. The van der Waals surface area contributed by atoms with Gasteiger partial charge in [0.15, 0.2) is 27.2 Å². The molecule has 0 saturated carbocycles. The molecular weight excluding hydrogens is 424 g/mol. The lowest BCUT2D eigenvalue weighted by molar-refractivity contribution is -0.286. The summed E-state index contributed by atoms with van der Waals surface area (Å²) in [5.41, 5.74) is 0.638. The van der Waals surface area contributed by atoms with Gasteiger partial charge in [0.2, 0.25) is 5.91 Å². The van der Waals surface area contributed by atoms with Crippen LogP contribution < -0.4 is 14.8 Å². The van der Waals surface area contributed by atoms with Crippen molar-refractivity contribution >= 4 is 21.4 Å². The number of carbonyl (C=O) groups excluding carboxylic acids is 1. The number of tetrazole rings is 1. The second-order valence-electron chi connectivity index (χ2n) is 6.25. The average Bonchev–Trinajstić information content (AvgIpc) is 3.23. The molecule has 13 heteroatoms. The van der Waals surface area contributed by atoms with E-state index in [1.807, 2.05) is 0 Å². The number of rotatable bonds is 6. The number of sulfone groups is 1. The van der Waals surface area contributed by atoms with Gasteiger partial charge in [0.1, 0.15) is 11.5 Å². The summed E-state index contributed by atoms with van der Waals surface area (Å²) in [7, 11) is -3.94. The first kappa shape index (κ1) is 19.7. The van der Waals surface area contributed by atoms with Crippen molar-refractivity contribution in [2.75, 3.05) is 11.1 Å². The van der Waals surface area contributed by atoms with Gasteiger partial charge in [-0.2, -0.15) is 4.68 Å². The molecule has 0 spiro atoms. The van der Waals surface area contributed by atoms with Crippen molar-refractivity contribution in [3.63, 3.8) is 0 Å². The van der Waals surface area contributed by atoms with Gasteiger partial charge in [0, 0.05) is 11.8 Å². The van der Waals surface area contributed by atoms with E-state index in [4.69, 9.17) is 0 Å². The Bertz CT molecular complexity index is 1200. The zero-order valence-electron chi connectivity index (χ0n) is 15.0. The molecule has 2 heterocycles. The maximum atomic E-state index is 13.1. The third-order valence-corrected chi connectivity index (χ3v) is 5.32. The molecule has 0 aliphatic carbocycles. The number of amides is 1. The molecule has 1 aliphatic heterocycles. The number of fused-ring (bicyclic) bond motifs is 1. The van der Waals surface area contributed by atoms with Crippen molar-refractivity contribution in [1.29, 1.82) is 0 Å². The Morgan fingerprint density at radius 2 is 1.83 bits per heavy atom. The molecule has 0 bridgehead atoms. The van der Waals surface area contributed by atoms with Gasteiger partial charge >= 0.3 is 6.29 Å². The Morgan fingerprint density at radius 3 is 2.60 bits per heavy atom. The first-order valence-corrected chi connectivity index (χ1v) is 10.3. The van der Waals surface area contributed by atoms with E-state index in [1.54, 1.807) is 30.3 Å². The number of anilines is 1. The maximum Gasteiger partial charge on any atom is 0.586 e. The molecule has 0 saturated heterocycles. The second-order valence-corrected chi connectivity index (χ2v) is 8.32. The Morgan fingerprint density at radius 1 is 1.10 bits per heavy atom. The number of nitrogens with one attached hydrogen (secondary N) is 1. The number of hydrogen-bond acceptors (Lipinski definition) is 8. The summed E-state index contributed by atoms with van der Waals surface area (Å²) in [5.74, 6) is -2.73. The van der Waals surface area contributed by atoms with Crippen LogP contribution in [0.5, 0.6) is 11.5 Å². The summed E-state index contributed by atoms with van der Waals surface area (Å²) in [6.07, 6.45) is -3.79. The standard InChI is InChI=1S/C17H13F2N5O5S/c18-17(19)28-13-7-6-11(8-14(13)29-17)20-16(25)10-30(26,27)9-15-21-22-23-24(15)12-4-2-1-3-5-12/h1-8H,9-10H2,(H,20,25). The minimum Gasteiger partial charge on any atom is -0.395 e. The van der Waals surface area contributed by atoms with Gasteiger partial charge in [-0.15, -0.1) is 13.9 Å². The van der Waals surface area contributed by atoms with Gasteiger partial charge in [-0.3, -0.25) is 4.79 Å². The Kier molecular flexibility index (Phi) is 4.81. The minimum absolute atomic E-state index is 0.0410. The van der Waals surface area contributed by atoms with Crippen LogP contribution in [0, 0.1) is 0 Å². The lowest BCUT2D eigenvalue weighted by Gasteiger charge is -2.08. The van der Waals surface area contributed by atoms with Gasteiger partial charge in [-0.1, -0.05) is 18.2 Å². The fourth-order valence-electron chi connectivity index (χ4n) is 2.74. The highest BCUT2D eigenvalue weighted by atomic mass is 32.2. The molecular formula is C17H13F2N5O5S. The van der Waals surface area contributed by atoms with Crippen molar-refractivity contribution in [2.24, 2.45) is 0 Å². The number of benzene rings is 2. The fraction of sp³-hybridized carbons (Fsp3) is 0.176. The van der Waals surface area contributed by atoms with Gasteiger partial charge in [-0.25, -0.2) is 8.42 Å². The lowest BCUT2D eigenvalue weighted by Crippen LogP contribution is -2.26. The number of para-hydroxylation sites is 1. The smallest absolute Gasteiger partial charge is 0.395 e. The molecule has 0 fully saturated rings. The van der Waals surface area contributed by atoms with Crippen molar-refractivity contribution in [3.05, 3.63) is 54.4 Å². The highest BCUT2D eigenvalue weighted by molar-refractivity contribution is 7.91. The van der Waals surface area contributed by atoms with E-state index in [2.05, 4.69) is 30.3 Å². The van der Waals surface area contributed by atoms with Gasteiger partial charge in [0.25, 0.3) is 0 Å². The van der Waals surface area contributed by atoms with Crippen LogP contribution in [0.4, 0.5) is 14.5 Å². The van der Waals surface area contributed by atoms with Crippen molar-refractivity contribution in [1.82, 2.24) is 20.2 Å². The quantitative estimate of drug-likeness (QED) is 0.616. The zero-order valence-corrected chi connectivity index (χ0v) is 15.8. The third kappa shape index (κ3) is 4.35. The molecule has 4 rings (SSSR count). The molecule has 30 heavy (non-hydrogen) atoms. The van der Waals surface area contributed by atoms with Gasteiger partial charge < -0.3 is 14.8 Å². The maximum absolute atomic E-state index is 13.1. The first-order valence-electron chi connectivity index (χ1n) is 8.44. The van der Waals surface area contributed by atoms with E-state index in [0.717, 1.165) is 6.07 Å². The van der Waals surface area contributed by atoms with E-state index in [1.165, 1.54) is 16.8 Å². The molecule has 10 nitrogen and oxygen atoms in total. The molecule has 0 atom stereocenters. The predicted molar refractivity (Wildman–Crippen MR) is 97.9 cm³/mol. The van der Waals surface area contributed by atoms with Crippen LogP contribution in [0.2, 0.25) is 0 Å². The molecule has 156 valence electrons. The van der Waals surface area contributed by atoms with Crippen molar-refractivity contribution in [3.8, 4) is 17.2 Å². The SMILES string of the molecule is O=C(CS(=O)(=O)Cc1nnnn1-c1ccccc1)Nc1ccc2c(c1)OC(F)(F)O2. The van der Waals surface area contributed by atoms with Crippen LogP contribution in [0.1, 0.15) is 5.82 Å². The summed E-state index contributed by atoms with van der Waals surface area (Å²) in [4.78, 5) is 12.2. The highest BCUT2D eigenvalue weighted by Gasteiger charge is 2.43. The number of alkyl halides is 2. The van der Waals surface area contributed by atoms with Crippen LogP contribution in [0.3, 0.4) is 0 Å². The number of ether oxygens (including phenoxy) is 2. The number of halogens is 2. The van der Waals surface area contributed by atoms with Crippen LogP contribution >= 0.6 is 0 Å². The molecule has 2 aromatic carbocycles. The van der Waals surface area contributed by atoms with Crippen LogP contribution in [-0.4, -0.2) is 46.6 Å². The average molecular weight is 437 g/mol. The van der Waals surface area contributed by atoms with Gasteiger partial charge in [0.05, 0.1) is 5.69 Å². The molecule has 1 N–H and O–H groups in total. The van der Waals surface area contributed by atoms with Crippen molar-refractivity contribution < 1.29 is 31.5 Å². The zero-order chi connectivity index (χ0) is 21.4. The van der Waals surface area contributed by atoms with Crippen LogP contribution in [0.25, 0.3) is 5.69 Å². The molecule has 1 amide bonds. The van der Waals surface area contributed by atoms with Crippen molar-refractivity contribution in [2.45, 2.75) is 12.0 Å². The summed E-state index contributed by atoms with van der Waals surface area (Å²) in [5, 5.41) is 13.3. The second kappa shape index (κ2) is 7.33.